The Hall–Kier alpha value is -2.15. The van der Waals surface area contributed by atoms with Crippen molar-refractivity contribution < 1.29 is 9.90 Å². The molecule has 1 aliphatic rings. The van der Waals surface area contributed by atoms with Gasteiger partial charge in [-0.3, -0.25) is 4.79 Å². The lowest BCUT2D eigenvalue weighted by Gasteiger charge is -2.28. The van der Waals surface area contributed by atoms with Crippen LogP contribution in [0, 0.1) is 0 Å². The smallest absolute Gasteiger partial charge is 0.347 e. The average molecular weight is 276 g/mol. The molecule has 20 heavy (non-hydrogen) atoms. The lowest BCUT2D eigenvalue weighted by molar-refractivity contribution is 0.0718. The van der Waals surface area contributed by atoms with E-state index >= 15 is 0 Å². The van der Waals surface area contributed by atoms with Gasteiger partial charge in [0.2, 0.25) is 0 Å². The number of aromatic nitrogens is 3. The van der Waals surface area contributed by atoms with Crippen LogP contribution in [0.25, 0.3) is 5.65 Å². The van der Waals surface area contributed by atoms with Gasteiger partial charge in [0.15, 0.2) is 5.65 Å². The summed E-state index contributed by atoms with van der Waals surface area (Å²) in [7, 11) is 0. The van der Waals surface area contributed by atoms with E-state index < -0.39 is 6.10 Å². The molecule has 7 heteroatoms. The number of carbonyl (C=O) groups excluding carboxylic acids is 1. The van der Waals surface area contributed by atoms with E-state index in [0.29, 0.717) is 17.6 Å². The summed E-state index contributed by atoms with van der Waals surface area (Å²) < 4.78 is 1.28. The minimum absolute atomic E-state index is 0.234. The van der Waals surface area contributed by atoms with Crippen LogP contribution in [0.2, 0.25) is 0 Å². The van der Waals surface area contributed by atoms with Gasteiger partial charge in [-0.05, 0) is 25.0 Å². The van der Waals surface area contributed by atoms with Gasteiger partial charge in [-0.2, -0.15) is 5.10 Å². The Balaban J connectivity index is 1.87. The molecule has 3 rings (SSSR count). The summed E-state index contributed by atoms with van der Waals surface area (Å²) in [5, 5.41) is 18.9. The normalized spacial score (nSPS) is 22.9. The van der Waals surface area contributed by atoms with E-state index in [1.807, 2.05) is 0 Å². The Morgan fingerprint density at radius 3 is 3.05 bits per heavy atom. The minimum atomic E-state index is -0.506. The van der Waals surface area contributed by atoms with Gasteiger partial charge in [0.25, 0.3) is 5.91 Å². The Kier molecular flexibility index (Phi) is 3.27. The summed E-state index contributed by atoms with van der Waals surface area (Å²) in [6.07, 6.45) is 4.49. The molecule has 2 aromatic rings. The van der Waals surface area contributed by atoms with E-state index in [4.69, 9.17) is 0 Å². The summed E-state index contributed by atoms with van der Waals surface area (Å²) in [6.45, 7) is 0. The Morgan fingerprint density at radius 2 is 2.25 bits per heavy atom. The van der Waals surface area contributed by atoms with E-state index in [9.17, 15) is 14.7 Å². The maximum atomic E-state index is 12.3. The third-order valence-corrected chi connectivity index (χ3v) is 3.73. The van der Waals surface area contributed by atoms with Gasteiger partial charge in [0.05, 0.1) is 17.7 Å². The first-order chi connectivity index (χ1) is 9.66. The van der Waals surface area contributed by atoms with Gasteiger partial charge < -0.3 is 10.4 Å². The Labute approximate surface area is 114 Å². The fraction of sp³-hybridized carbons (Fsp3) is 0.462. The molecule has 1 fully saturated rings. The monoisotopic (exact) mass is 276 g/mol. The third-order valence-electron chi connectivity index (χ3n) is 3.73. The van der Waals surface area contributed by atoms with Crippen LogP contribution in [0.15, 0.2) is 23.1 Å². The highest BCUT2D eigenvalue weighted by molar-refractivity contribution is 5.99. The first-order valence-corrected chi connectivity index (χ1v) is 6.71. The fourth-order valence-electron chi connectivity index (χ4n) is 2.64. The molecule has 0 aromatic carbocycles. The van der Waals surface area contributed by atoms with Crippen LogP contribution in [-0.2, 0) is 0 Å². The second-order valence-corrected chi connectivity index (χ2v) is 5.08. The molecule has 106 valence electrons. The highest BCUT2D eigenvalue weighted by atomic mass is 16.3. The number of fused-ring (bicyclic) bond motifs is 1. The number of amides is 1. The molecule has 0 unspecified atom stereocenters. The van der Waals surface area contributed by atoms with Crippen molar-refractivity contribution in [2.75, 3.05) is 0 Å². The molecule has 1 saturated carbocycles. The maximum absolute atomic E-state index is 12.3. The predicted octanol–water partition coefficient (Wildman–Crippen LogP) is 0.0559. The molecular weight excluding hydrogens is 260 g/mol. The first kappa shape index (κ1) is 12.9. The van der Waals surface area contributed by atoms with Crippen LogP contribution >= 0.6 is 0 Å². The SMILES string of the molecule is O=C(N[C@@H]1CCCC[C@H]1O)c1cccn2c(=O)[nH]nc12. The number of aromatic amines is 1. The quantitative estimate of drug-likeness (QED) is 0.722. The number of H-pyrrole nitrogens is 1. The fourth-order valence-corrected chi connectivity index (χ4v) is 2.64. The van der Waals surface area contributed by atoms with Gasteiger partial charge in [-0.15, -0.1) is 0 Å². The Morgan fingerprint density at radius 1 is 1.45 bits per heavy atom. The van der Waals surface area contributed by atoms with Crippen molar-refractivity contribution in [2.45, 2.75) is 37.8 Å². The first-order valence-electron chi connectivity index (χ1n) is 6.71. The molecule has 0 aliphatic heterocycles. The van der Waals surface area contributed by atoms with E-state index in [1.54, 1.807) is 18.3 Å². The molecule has 7 nitrogen and oxygen atoms in total. The highest BCUT2D eigenvalue weighted by Crippen LogP contribution is 2.19. The zero-order chi connectivity index (χ0) is 14.1. The van der Waals surface area contributed by atoms with Crippen molar-refractivity contribution >= 4 is 11.6 Å². The number of pyridine rings is 1. The molecule has 1 amide bonds. The highest BCUT2D eigenvalue weighted by Gasteiger charge is 2.25. The summed E-state index contributed by atoms with van der Waals surface area (Å²) in [6, 6.07) is 3.00. The number of aliphatic hydroxyl groups excluding tert-OH is 1. The van der Waals surface area contributed by atoms with Crippen LogP contribution in [0.5, 0.6) is 0 Å². The second-order valence-electron chi connectivity index (χ2n) is 5.08. The largest absolute Gasteiger partial charge is 0.391 e. The third kappa shape index (κ3) is 2.20. The number of hydrogen-bond acceptors (Lipinski definition) is 4. The molecule has 0 spiro atoms. The number of nitrogens with zero attached hydrogens (tertiary/aromatic N) is 2. The summed E-state index contributed by atoms with van der Waals surface area (Å²) in [5.74, 6) is -0.319. The van der Waals surface area contributed by atoms with Crippen molar-refractivity contribution in [2.24, 2.45) is 0 Å². The van der Waals surface area contributed by atoms with Crippen molar-refractivity contribution in [1.29, 1.82) is 0 Å². The van der Waals surface area contributed by atoms with Gasteiger partial charge in [-0.25, -0.2) is 14.3 Å². The number of nitrogens with one attached hydrogen (secondary N) is 2. The van der Waals surface area contributed by atoms with Gasteiger partial charge in [0.1, 0.15) is 0 Å². The van der Waals surface area contributed by atoms with Crippen molar-refractivity contribution in [1.82, 2.24) is 19.9 Å². The zero-order valence-electron chi connectivity index (χ0n) is 10.9. The lowest BCUT2D eigenvalue weighted by atomic mass is 9.92. The molecule has 2 aromatic heterocycles. The van der Waals surface area contributed by atoms with Crippen LogP contribution in [0.4, 0.5) is 0 Å². The van der Waals surface area contributed by atoms with Crippen molar-refractivity contribution in [3.8, 4) is 0 Å². The molecule has 2 heterocycles. The van der Waals surface area contributed by atoms with Crippen LogP contribution in [-0.4, -0.2) is 37.8 Å². The minimum Gasteiger partial charge on any atom is -0.391 e. The molecule has 1 aliphatic carbocycles. The van der Waals surface area contributed by atoms with Crippen molar-refractivity contribution in [3.05, 3.63) is 34.4 Å². The zero-order valence-corrected chi connectivity index (χ0v) is 10.9. The molecule has 0 radical (unpaired) electrons. The predicted molar refractivity (Wildman–Crippen MR) is 71.5 cm³/mol. The molecule has 0 saturated heterocycles. The Bertz CT molecular complexity index is 690. The maximum Gasteiger partial charge on any atom is 0.347 e. The van der Waals surface area contributed by atoms with E-state index in [2.05, 4.69) is 15.5 Å². The lowest BCUT2D eigenvalue weighted by Crippen LogP contribution is -2.45. The molecule has 3 N–H and O–H groups in total. The summed E-state index contributed by atoms with van der Waals surface area (Å²) in [5.41, 5.74) is 0.233. The van der Waals surface area contributed by atoms with Gasteiger partial charge >= 0.3 is 5.69 Å². The van der Waals surface area contributed by atoms with E-state index in [0.717, 1.165) is 19.3 Å². The molecular formula is C13H16N4O3. The van der Waals surface area contributed by atoms with E-state index in [-0.39, 0.29) is 17.6 Å². The standard InChI is InChI=1S/C13H16N4O3/c18-10-6-2-1-5-9(10)14-12(19)8-4-3-7-17-11(8)15-16-13(17)20/h3-4,7,9-10,18H,1-2,5-6H2,(H,14,19)(H,16,20)/t9-,10-/m1/s1. The van der Waals surface area contributed by atoms with Crippen LogP contribution < -0.4 is 11.0 Å². The number of rotatable bonds is 2. The van der Waals surface area contributed by atoms with Gasteiger partial charge in [0, 0.05) is 6.20 Å². The number of carbonyl (C=O) groups is 1. The number of hydrogen-bond donors (Lipinski definition) is 3. The molecule has 2 atom stereocenters. The second kappa shape index (κ2) is 5.09. The van der Waals surface area contributed by atoms with Crippen LogP contribution in [0.1, 0.15) is 36.0 Å². The average Bonchev–Trinajstić information content (AvgIpc) is 2.83. The van der Waals surface area contributed by atoms with Crippen LogP contribution in [0.3, 0.4) is 0 Å². The van der Waals surface area contributed by atoms with Crippen molar-refractivity contribution in [3.63, 3.8) is 0 Å². The summed E-state index contributed by atoms with van der Waals surface area (Å²) in [4.78, 5) is 23.8. The number of aliphatic hydroxyl groups is 1. The summed E-state index contributed by atoms with van der Waals surface area (Å²) >= 11 is 0. The van der Waals surface area contributed by atoms with E-state index in [1.165, 1.54) is 4.40 Å². The molecule has 0 bridgehead atoms. The van der Waals surface area contributed by atoms with Gasteiger partial charge in [-0.1, -0.05) is 12.8 Å². The topological polar surface area (TPSA) is 99.5 Å².